The van der Waals surface area contributed by atoms with Crippen LogP contribution in [-0.4, -0.2) is 36.5 Å². The van der Waals surface area contributed by atoms with E-state index in [9.17, 15) is 9.59 Å². The molecule has 5 nitrogen and oxygen atoms in total. The molecule has 1 aromatic carbocycles. The van der Waals surface area contributed by atoms with Crippen molar-refractivity contribution in [3.8, 4) is 0 Å². The Bertz CT molecular complexity index is 730. The van der Waals surface area contributed by atoms with E-state index in [2.05, 4.69) is 34.3 Å². The summed E-state index contributed by atoms with van der Waals surface area (Å²) in [6.07, 6.45) is 7.86. The molecule has 1 amide bonds. The van der Waals surface area contributed by atoms with Crippen LogP contribution in [0.25, 0.3) is 6.08 Å². The fourth-order valence-corrected chi connectivity index (χ4v) is 4.01. The van der Waals surface area contributed by atoms with Gasteiger partial charge in [-0.2, -0.15) is 0 Å². The van der Waals surface area contributed by atoms with E-state index in [0.29, 0.717) is 28.7 Å². The van der Waals surface area contributed by atoms with Crippen LogP contribution in [0.5, 0.6) is 0 Å². The Morgan fingerprint density at radius 2 is 1.85 bits per heavy atom. The number of ketones is 1. The first-order valence-corrected chi connectivity index (χ1v) is 10.6. The quantitative estimate of drug-likeness (QED) is 0.569. The number of hydrogen-bond donors (Lipinski definition) is 1. The van der Waals surface area contributed by atoms with Crippen molar-refractivity contribution in [3.63, 3.8) is 0 Å². The molecule has 2 aliphatic heterocycles. The number of nitrogens with zero attached hydrogens (tertiary/aromatic N) is 2. The zero-order valence-electron chi connectivity index (χ0n) is 15.9. The molecule has 0 atom stereocenters. The average molecular weight is 386 g/mol. The minimum Gasteiger partial charge on any atom is -0.371 e. The summed E-state index contributed by atoms with van der Waals surface area (Å²) in [5, 5.41) is 3.55. The number of amides is 1. The Morgan fingerprint density at radius 3 is 2.56 bits per heavy atom. The van der Waals surface area contributed by atoms with Gasteiger partial charge in [0.05, 0.1) is 4.91 Å². The predicted octanol–water partition coefficient (Wildman–Crippen LogP) is 4.00. The summed E-state index contributed by atoms with van der Waals surface area (Å²) >= 11 is 1.41. The highest BCUT2D eigenvalue weighted by Gasteiger charge is 2.23. The molecular weight excluding hydrogens is 358 g/mol. The summed E-state index contributed by atoms with van der Waals surface area (Å²) in [5.41, 5.74) is 2.12. The summed E-state index contributed by atoms with van der Waals surface area (Å²) in [6.45, 7) is 4.53. The van der Waals surface area contributed by atoms with Crippen molar-refractivity contribution in [1.29, 1.82) is 0 Å². The molecule has 6 heteroatoms. The number of Topliss-reactive ketones (excluding diaryl/α,β-unsaturated/α-hetero) is 1. The zero-order valence-corrected chi connectivity index (χ0v) is 16.7. The molecule has 0 unspecified atom stereocenters. The smallest absolute Gasteiger partial charge is 0.264 e. The van der Waals surface area contributed by atoms with Crippen LogP contribution in [-0.2, 0) is 9.59 Å². The molecule has 2 heterocycles. The summed E-state index contributed by atoms with van der Waals surface area (Å²) in [4.78, 5) is 30.9. The normalized spacial score (nSPS) is 20.6. The van der Waals surface area contributed by atoms with E-state index in [1.54, 1.807) is 0 Å². The molecule has 144 valence electrons. The van der Waals surface area contributed by atoms with E-state index in [4.69, 9.17) is 0 Å². The minimum absolute atomic E-state index is 0.0778. The first kappa shape index (κ1) is 19.7. The van der Waals surface area contributed by atoms with Crippen LogP contribution in [0.1, 0.15) is 51.0 Å². The number of benzene rings is 1. The maximum Gasteiger partial charge on any atom is 0.264 e. The number of nitrogens with one attached hydrogen (secondary N) is 1. The number of anilines is 1. The number of thioether (sulfide) groups is 1. The highest BCUT2D eigenvalue weighted by molar-refractivity contribution is 8.18. The molecule has 2 saturated heterocycles. The lowest BCUT2D eigenvalue weighted by Crippen LogP contribution is -2.33. The molecule has 1 aromatic rings. The fourth-order valence-electron chi connectivity index (χ4n) is 3.17. The van der Waals surface area contributed by atoms with Gasteiger partial charge in [-0.1, -0.05) is 38.3 Å². The van der Waals surface area contributed by atoms with E-state index >= 15 is 0 Å². The molecule has 1 N–H and O–H groups in total. The maximum atomic E-state index is 12.1. The number of unbranched alkanes of at least 4 members (excludes halogenated alkanes) is 3. The van der Waals surface area contributed by atoms with Crippen molar-refractivity contribution in [2.45, 2.75) is 45.4 Å². The Balaban J connectivity index is 1.57. The molecule has 0 aliphatic carbocycles. The van der Waals surface area contributed by atoms with Gasteiger partial charge in [0.1, 0.15) is 5.78 Å². The Morgan fingerprint density at radius 1 is 1.11 bits per heavy atom. The summed E-state index contributed by atoms with van der Waals surface area (Å²) in [5.74, 6) is 0.269. The van der Waals surface area contributed by atoms with Gasteiger partial charge in [0.15, 0.2) is 5.17 Å². The lowest BCUT2D eigenvalue weighted by molar-refractivity contribution is -0.119. The summed E-state index contributed by atoms with van der Waals surface area (Å²) in [7, 11) is 0. The average Bonchev–Trinajstić information content (AvgIpc) is 3.02. The van der Waals surface area contributed by atoms with Crippen molar-refractivity contribution in [2.24, 2.45) is 4.99 Å². The van der Waals surface area contributed by atoms with Gasteiger partial charge in [-0.3, -0.25) is 14.6 Å². The van der Waals surface area contributed by atoms with Crippen LogP contribution in [0, 0.1) is 0 Å². The van der Waals surface area contributed by atoms with E-state index in [1.165, 1.54) is 31.0 Å². The van der Waals surface area contributed by atoms with Crippen LogP contribution in [0.2, 0.25) is 0 Å². The van der Waals surface area contributed by atoms with Gasteiger partial charge >= 0.3 is 0 Å². The lowest BCUT2D eigenvalue weighted by atomic mass is 10.1. The van der Waals surface area contributed by atoms with Crippen LogP contribution < -0.4 is 10.2 Å². The number of carbonyl (C=O) groups excluding carboxylic acids is 2. The Hall–Kier alpha value is -2.08. The van der Waals surface area contributed by atoms with Gasteiger partial charge in [0.25, 0.3) is 5.91 Å². The monoisotopic (exact) mass is 385 g/mol. The van der Waals surface area contributed by atoms with Crippen molar-refractivity contribution < 1.29 is 9.59 Å². The molecule has 2 fully saturated rings. The molecular formula is C21H27N3O2S. The Kier molecular flexibility index (Phi) is 7.10. The van der Waals surface area contributed by atoms with Gasteiger partial charge in [-0.15, -0.1) is 0 Å². The van der Waals surface area contributed by atoms with E-state index in [0.717, 1.165) is 37.3 Å². The number of carbonyl (C=O) groups is 2. The second-order valence-electron chi connectivity index (χ2n) is 6.93. The molecule has 0 radical (unpaired) electrons. The molecule has 3 rings (SSSR count). The van der Waals surface area contributed by atoms with Gasteiger partial charge < -0.3 is 10.2 Å². The summed E-state index contributed by atoms with van der Waals surface area (Å²) in [6, 6.07) is 8.16. The first-order valence-electron chi connectivity index (χ1n) is 9.78. The maximum absolute atomic E-state index is 12.1. The number of rotatable bonds is 7. The third-order valence-corrected chi connectivity index (χ3v) is 5.74. The van der Waals surface area contributed by atoms with Crippen LogP contribution in [0.3, 0.4) is 0 Å². The second kappa shape index (κ2) is 9.74. The van der Waals surface area contributed by atoms with Gasteiger partial charge in [0.2, 0.25) is 0 Å². The third kappa shape index (κ3) is 5.70. The SMILES string of the molecule is CCCCCCN=C1NC(=O)C(=Cc2ccc(N3CCC(=O)CC3)cc2)S1. The molecule has 2 aliphatic rings. The molecule has 27 heavy (non-hydrogen) atoms. The number of amidine groups is 1. The molecule has 0 aromatic heterocycles. The molecule has 0 bridgehead atoms. The number of hydrogen-bond acceptors (Lipinski definition) is 5. The van der Waals surface area contributed by atoms with Crippen LogP contribution in [0.4, 0.5) is 5.69 Å². The second-order valence-corrected chi connectivity index (χ2v) is 7.96. The standard InChI is InChI=1S/C21H27N3O2S/c1-2-3-4-5-12-22-21-23-20(26)19(27-21)15-16-6-8-17(9-7-16)24-13-10-18(25)11-14-24/h6-9,15H,2-5,10-14H2,1H3,(H,22,23,26). The van der Waals surface area contributed by atoms with Crippen molar-refractivity contribution in [3.05, 3.63) is 34.7 Å². The van der Waals surface area contributed by atoms with Gasteiger partial charge in [-0.25, -0.2) is 0 Å². The van der Waals surface area contributed by atoms with E-state index < -0.39 is 0 Å². The highest BCUT2D eigenvalue weighted by Crippen LogP contribution is 2.27. The van der Waals surface area contributed by atoms with Gasteiger partial charge in [-0.05, 0) is 42.0 Å². The molecule has 0 saturated carbocycles. The first-order chi connectivity index (χ1) is 13.2. The Labute approximate surface area is 165 Å². The van der Waals surface area contributed by atoms with Gasteiger partial charge in [0, 0.05) is 38.2 Å². The highest BCUT2D eigenvalue weighted by atomic mass is 32.2. The topological polar surface area (TPSA) is 61.8 Å². The van der Waals surface area contributed by atoms with Crippen molar-refractivity contribution in [1.82, 2.24) is 5.32 Å². The van der Waals surface area contributed by atoms with Crippen molar-refractivity contribution >= 4 is 40.4 Å². The minimum atomic E-state index is -0.0778. The number of piperidine rings is 1. The van der Waals surface area contributed by atoms with E-state index in [-0.39, 0.29) is 5.91 Å². The predicted molar refractivity (Wildman–Crippen MR) is 113 cm³/mol. The lowest BCUT2D eigenvalue weighted by Gasteiger charge is -2.28. The van der Waals surface area contributed by atoms with Crippen LogP contribution in [0.15, 0.2) is 34.2 Å². The van der Waals surface area contributed by atoms with E-state index in [1.807, 2.05) is 18.2 Å². The van der Waals surface area contributed by atoms with Crippen LogP contribution >= 0.6 is 11.8 Å². The largest absolute Gasteiger partial charge is 0.371 e. The number of aliphatic imine (C=N–C) groups is 1. The molecule has 0 spiro atoms. The fraction of sp³-hybridized carbons (Fsp3) is 0.476. The third-order valence-electron chi connectivity index (χ3n) is 4.80. The summed E-state index contributed by atoms with van der Waals surface area (Å²) < 4.78 is 0. The van der Waals surface area contributed by atoms with Crippen molar-refractivity contribution in [2.75, 3.05) is 24.5 Å². The zero-order chi connectivity index (χ0) is 19.1.